The molecule has 1 aromatic carbocycles. The Labute approximate surface area is 125 Å². The minimum Gasteiger partial charge on any atom is -0.496 e. The number of methoxy groups -OCH3 is 2. The number of Topliss-reactive ketones (excluding diaryl/α,β-unsaturated/α-hetero) is 1. The van der Waals surface area contributed by atoms with E-state index in [1.807, 2.05) is 13.8 Å². The summed E-state index contributed by atoms with van der Waals surface area (Å²) < 4.78 is 9.84. The molecule has 5 nitrogen and oxygen atoms in total. The predicted molar refractivity (Wildman–Crippen MR) is 80.8 cm³/mol. The van der Waals surface area contributed by atoms with E-state index in [1.165, 1.54) is 7.11 Å². The molecule has 0 radical (unpaired) electrons. The molecule has 0 bridgehead atoms. The Morgan fingerprint density at radius 2 is 2.00 bits per heavy atom. The lowest BCUT2D eigenvalue weighted by Gasteiger charge is -2.17. The van der Waals surface area contributed by atoms with Gasteiger partial charge in [0.15, 0.2) is 5.78 Å². The number of aryl methyl sites for hydroxylation is 1. The van der Waals surface area contributed by atoms with Crippen molar-refractivity contribution in [2.45, 2.75) is 32.7 Å². The number of hydrogen-bond donors (Lipinski definition) is 1. The van der Waals surface area contributed by atoms with Gasteiger partial charge in [-0.1, -0.05) is 6.92 Å². The zero-order valence-corrected chi connectivity index (χ0v) is 13.1. The minimum atomic E-state index is -0.565. The van der Waals surface area contributed by atoms with Crippen molar-refractivity contribution < 1.29 is 19.1 Å². The normalized spacial score (nSPS) is 11.8. The molecular weight excluding hydrogens is 270 g/mol. The molecule has 0 fully saturated rings. The SMILES string of the molecule is CCCNC(CC(=O)OC)C(=O)c1ccc(OC)c(C)c1. The summed E-state index contributed by atoms with van der Waals surface area (Å²) in [5.41, 5.74) is 1.45. The summed E-state index contributed by atoms with van der Waals surface area (Å²) in [7, 11) is 2.91. The van der Waals surface area contributed by atoms with Gasteiger partial charge in [0.25, 0.3) is 0 Å². The number of esters is 1. The minimum absolute atomic E-state index is 0.0282. The Balaban J connectivity index is 2.92. The largest absolute Gasteiger partial charge is 0.496 e. The van der Waals surface area contributed by atoms with Crippen molar-refractivity contribution in [2.75, 3.05) is 20.8 Å². The lowest BCUT2D eigenvalue weighted by atomic mass is 9.99. The van der Waals surface area contributed by atoms with Crippen LogP contribution in [0, 0.1) is 6.92 Å². The summed E-state index contributed by atoms with van der Waals surface area (Å²) in [5, 5.41) is 3.10. The van der Waals surface area contributed by atoms with Crippen LogP contribution in [0.2, 0.25) is 0 Å². The van der Waals surface area contributed by atoms with Crippen LogP contribution in [0.4, 0.5) is 0 Å². The van der Waals surface area contributed by atoms with Crippen LogP contribution in [0.25, 0.3) is 0 Å². The highest BCUT2D eigenvalue weighted by Crippen LogP contribution is 2.20. The number of hydrogen-bond acceptors (Lipinski definition) is 5. The molecule has 0 aliphatic heterocycles. The lowest BCUT2D eigenvalue weighted by Crippen LogP contribution is -2.39. The van der Waals surface area contributed by atoms with Crippen molar-refractivity contribution in [3.05, 3.63) is 29.3 Å². The predicted octanol–water partition coefficient (Wildman–Crippen LogP) is 2.12. The van der Waals surface area contributed by atoms with Gasteiger partial charge in [-0.25, -0.2) is 0 Å². The van der Waals surface area contributed by atoms with Crippen LogP contribution in [0.15, 0.2) is 18.2 Å². The first-order chi connectivity index (χ1) is 10.0. The van der Waals surface area contributed by atoms with Gasteiger partial charge < -0.3 is 14.8 Å². The molecule has 21 heavy (non-hydrogen) atoms. The van der Waals surface area contributed by atoms with Gasteiger partial charge in [0, 0.05) is 5.56 Å². The van der Waals surface area contributed by atoms with Crippen molar-refractivity contribution in [1.29, 1.82) is 0 Å². The second kappa shape index (κ2) is 8.42. The average molecular weight is 293 g/mol. The fourth-order valence-corrected chi connectivity index (χ4v) is 2.06. The maximum atomic E-state index is 12.5. The molecule has 0 amide bonds. The molecule has 116 valence electrons. The van der Waals surface area contributed by atoms with E-state index in [2.05, 4.69) is 10.1 Å². The Hall–Kier alpha value is -1.88. The molecule has 5 heteroatoms. The van der Waals surface area contributed by atoms with Gasteiger partial charge in [0.2, 0.25) is 0 Å². The maximum Gasteiger partial charge on any atom is 0.307 e. The average Bonchev–Trinajstić information content (AvgIpc) is 2.50. The van der Waals surface area contributed by atoms with E-state index in [-0.39, 0.29) is 12.2 Å². The maximum absolute atomic E-state index is 12.5. The number of ether oxygens (including phenoxy) is 2. The van der Waals surface area contributed by atoms with E-state index in [1.54, 1.807) is 25.3 Å². The van der Waals surface area contributed by atoms with Gasteiger partial charge in [-0.3, -0.25) is 9.59 Å². The van der Waals surface area contributed by atoms with Crippen molar-refractivity contribution in [3.63, 3.8) is 0 Å². The molecule has 0 aliphatic rings. The molecule has 0 saturated carbocycles. The molecule has 0 saturated heterocycles. The first-order valence-electron chi connectivity index (χ1n) is 7.02. The highest BCUT2D eigenvalue weighted by Gasteiger charge is 2.23. The van der Waals surface area contributed by atoms with Gasteiger partial charge in [-0.2, -0.15) is 0 Å². The Bertz CT molecular complexity index is 499. The first-order valence-corrected chi connectivity index (χ1v) is 7.02. The summed E-state index contributed by atoms with van der Waals surface area (Å²) in [4.78, 5) is 24.0. The van der Waals surface area contributed by atoms with Crippen molar-refractivity contribution in [1.82, 2.24) is 5.32 Å². The third kappa shape index (κ3) is 4.86. The van der Waals surface area contributed by atoms with Crippen molar-refractivity contribution in [2.24, 2.45) is 0 Å². The van der Waals surface area contributed by atoms with Crippen LogP contribution in [0.1, 0.15) is 35.7 Å². The number of carbonyl (C=O) groups is 2. The molecule has 1 rings (SSSR count). The molecule has 1 N–H and O–H groups in total. The highest BCUT2D eigenvalue weighted by molar-refractivity contribution is 6.02. The smallest absolute Gasteiger partial charge is 0.307 e. The highest BCUT2D eigenvalue weighted by atomic mass is 16.5. The summed E-state index contributed by atoms with van der Waals surface area (Å²) in [6, 6.07) is 4.69. The number of carbonyl (C=O) groups excluding carboxylic acids is 2. The number of rotatable bonds is 8. The van der Waals surface area contributed by atoms with Crippen LogP contribution >= 0.6 is 0 Å². The van der Waals surface area contributed by atoms with E-state index < -0.39 is 12.0 Å². The number of nitrogens with one attached hydrogen (secondary N) is 1. The van der Waals surface area contributed by atoms with Crippen LogP contribution in [0.5, 0.6) is 5.75 Å². The summed E-state index contributed by atoms with van der Waals surface area (Å²) >= 11 is 0. The molecule has 0 aliphatic carbocycles. The molecule has 1 atom stereocenters. The van der Waals surface area contributed by atoms with E-state index >= 15 is 0 Å². The molecule has 0 spiro atoms. The fourth-order valence-electron chi connectivity index (χ4n) is 2.06. The van der Waals surface area contributed by atoms with Crippen LogP contribution in [-0.2, 0) is 9.53 Å². The third-order valence-corrected chi connectivity index (χ3v) is 3.24. The third-order valence-electron chi connectivity index (χ3n) is 3.24. The summed E-state index contributed by atoms with van der Waals surface area (Å²) in [6.45, 7) is 4.55. The topological polar surface area (TPSA) is 64.6 Å². The zero-order chi connectivity index (χ0) is 15.8. The number of ketones is 1. The van der Waals surface area contributed by atoms with E-state index in [0.717, 1.165) is 17.7 Å². The van der Waals surface area contributed by atoms with Gasteiger partial charge >= 0.3 is 5.97 Å². The van der Waals surface area contributed by atoms with E-state index in [9.17, 15) is 9.59 Å². The Morgan fingerprint density at radius 1 is 1.29 bits per heavy atom. The second-order valence-corrected chi connectivity index (χ2v) is 4.84. The fraction of sp³-hybridized carbons (Fsp3) is 0.500. The monoisotopic (exact) mass is 293 g/mol. The Kier molecular flexibility index (Phi) is 6.88. The molecule has 1 aromatic rings. The standard InChI is InChI=1S/C16H23NO4/c1-5-8-17-13(10-15(18)21-4)16(19)12-6-7-14(20-3)11(2)9-12/h6-7,9,13,17H,5,8,10H2,1-4H3. The molecule has 1 unspecified atom stereocenters. The molecular formula is C16H23NO4. The van der Waals surface area contributed by atoms with Gasteiger partial charge in [0.1, 0.15) is 5.75 Å². The van der Waals surface area contributed by atoms with Crippen LogP contribution < -0.4 is 10.1 Å². The summed E-state index contributed by atoms with van der Waals surface area (Å²) in [5.74, 6) is 0.222. The van der Waals surface area contributed by atoms with Crippen molar-refractivity contribution in [3.8, 4) is 5.75 Å². The van der Waals surface area contributed by atoms with E-state index in [4.69, 9.17) is 4.74 Å². The van der Waals surface area contributed by atoms with Gasteiger partial charge in [-0.15, -0.1) is 0 Å². The second-order valence-electron chi connectivity index (χ2n) is 4.84. The van der Waals surface area contributed by atoms with Crippen molar-refractivity contribution >= 4 is 11.8 Å². The quantitative estimate of drug-likeness (QED) is 0.587. The molecule has 0 aromatic heterocycles. The first kappa shape index (κ1) is 17.2. The van der Waals surface area contributed by atoms with Crippen LogP contribution in [-0.4, -0.2) is 38.6 Å². The van der Waals surface area contributed by atoms with Gasteiger partial charge in [-0.05, 0) is 43.7 Å². The lowest BCUT2D eigenvalue weighted by molar-refractivity contribution is -0.140. The summed E-state index contributed by atoms with van der Waals surface area (Å²) in [6.07, 6.45) is 0.910. The van der Waals surface area contributed by atoms with E-state index in [0.29, 0.717) is 12.1 Å². The van der Waals surface area contributed by atoms with Crippen LogP contribution in [0.3, 0.4) is 0 Å². The Morgan fingerprint density at radius 3 is 2.52 bits per heavy atom. The molecule has 0 heterocycles. The van der Waals surface area contributed by atoms with Gasteiger partial charge in [0.05, 0.1) is 26.7 Å². The zero-order valence-electron chi connectivity index (χ0n) is 13.1. The number of benzene rings is 1.